The van der Waals surface area contributed by atoms with Crippen LogP contribution in [0.15, 0.2) is 12.3 Å². The molecule has 4 heteroatoms. The van der Waals surface area contributed by atoms with Crippen LogP contribution in [-0.4, -0.2) is 35.6 Å². The lowest BCUT2D eigenvalue weighted by Crippen LogP contribution is -2.46. The molecule has 0 aromatic carbocycles. The Labute approximate surface area is 103 Å². The van der Waals surface area contributed by atoms with E-state index in [0.29, 0.717) is 6.04 Å². The monoisotopic (exact) mass is 234 g/mol. The van der Waals surface area contributed by atoms with Crippen molar-refractivity contribution in [1.29, 1.82) is 0 Å². The molecule has 2 heterocycles. The van der Waals surface area contributed by atoms with E-state index in [4.69, 9.17) is 0 Å². The fourth-order valence-corrected chi connectivity index (χ4v) is 2.43. The van der Waals surface area contributed by atoms with Crippen LogP contribution in [0, 0.1) is 6.92 Å². The quantitative estimate of drug-likeness (QED) is 0.862. The maximum atomic E-state index is 4.55. The van der Waals surface area contributed by atoms with Gasteiger partial charge in [-0.3, -0.25) is 0 Å². The molecule has 1 aromatic rings. The molecule has 1 fully saturated rings. The number of hydrogen-bond donors (Lipinski definition) is 1. The van der Waals surface area contributed by atoms with E-state index in [2.05, 4.69) is 27.1 Å². The van der Waals surface area contributed by atoms with E-state index in [1.165, 1.54) is 12.8 Å². The molecule has 0 saturated carbocycles. The SMILES string of the molecule is CCCN(c1ccnc(C)n1)C1CCCNC1. The summed E-state index contributed by atoms with van der Waals surface area (Å²) >= 11 is 0. The van der Waals surface area contributed by atoms with Gasteiger partial charge < -0.3 is 10.2 Å². The average molecular weight is 234 g/mol. The number of piperidine rings is 1. The molecule has 0 bridgehead atoms. The van der Waals surface area contributed by atoms with Crippen molar-refractivity contribution in [3.63, 3.8) is 0 Å². The second-order valence-corrected chi connectivity index (χ2v) is 4.66. The largest absolute Gasteiger partial charge is 0.352 e. The Kier molecular flexibility index (Phi) is 4.31. The molecule has 4 nitrogen and oxygen atoms in total. The van der Waals surface area contributed by atoms with E-state index < -0.39 is 0 Å². The van der Waals surface area contributed by atoms with Crippen molar-refractivity contribution < 1.29 is 0 Å². The molecule has 1 unspecified atom stereocenters. The lowest BCUT2D eigenvalue weighted by Gasteiger charge is -2.35. The van der Waals surface area contributed by atoms with Gasteiger partial charge in [-0.1, -0.05) is 6.92 Å². The van der Waals surface area contributed by atoms with E-state index in [0.717, 1.165) is 37.7 Å². The zero-order valence-electron chi connectivity index (χ0n) is 10.8. The Morgan fingerprint density at radius 2 is 2.41 bits per heavy atom. The molecule has 1 aliphatic heterocycles. The van der Waals surface area contributed by atoms with Gasteiger partial charge in [-0.2, -0.15) is 0 Å². The van der Waals surface area contributed by atoms with Gasteiger partial charge in [-0.05, 0) is 38.8 Å². The molecule has 1 N–H and O–H groups in total. The minimum atomic E-state index is 0.581. The van der Waals surface area contributed by atoms with Crippen LogP contribution in [0.4, 0.5) is 5.82 Å². The number of aromatic nitrogens is 2. The van der Waals surface area contributed by atoms with Gasteiger partial charge in [-0.25, -0.2) is 9.97 Å². The third-order valence-electron chi connectivity index (χ3n) is 3.23. The Hall–Kier alpha value is -1.16. The first-order valence-electron chi connectivity index (χ1n) is 6.58. The molecule has 0 radical (unpaired) electrons. The van der Waals surface area contributed by atoms with Crippen molar-refractivity contribution in [1.82, 2.24) is 15.3 Å². The summed E-state index contributed by atoms with van der Waals surface area (Å²) in [5.74, 6) is 1.93. The molecule has 1 aliphatic rings. The summed E-state index contributed by atoms with van der Waals surface area (Å²) in [6, 6.07) is 2.61. The summed E-state index contributed by atoms with van der Waals surface area (Å²) in [6.07, 6.45) is 5.53. The maximum absolute atomic E-state index is 4.55. The van der Waals surface area contributed by atoms with Gasteiger partial charge in [0.25, 0.3) is 0 Å². The molecule has 1 atom stereocenters. The predicted molar refractivity (Wildman–Crippen MR) is 70.3 cm³/mol. The van der Waals surface area contributed by atoms with Crippen LogP contribution in [-0.2, 0) is 0 Å². The third kappa shape index (κ3) is 3.16. The highest BCUT2D eigenvalue weighted by molar-refractivity contribution is 5.39. The predicted octanol–water partition coefficient (Wildman–Crippen LogP) is 1.75. The van der Waals surface area contributed by atoms with E-state index in [1.54, 1.807) is 0 Å². The number of nitrogens with zero attached hydrogens (tertiary/aromatic N) is 3. The standard InChI is InChI=1S/C13H22N4/c1-3-9-17(12-5-4-7-14-10-12)13-6-8-15-11(2)16-13/h6,8,12,14H,3-5,7,9-10H2,1-2H3. The summed E-state index contributed by atoms with van der Waals surface area (Å²) in [4.78, 5) is 11.2. The Morgan fingerprint density at radius 3 is 3.06 bits per heavy atom. The summed E-state index contributed by atoms with van der Waals surface area (Å²) < 4.78 is 0. The number of anilines is 1. The second kappa shape index (κ2) is 5.96. The number of hydrogen-bond acceptors (Lipinski definition) is 4. The zero-order chi connectivity index (χ0) is 12.1. The second-order valence-electron chi connectivity index (χ2n) is 4.66. The molecule has 1 saturated heterocycles. The Balaban J connectivity index is 2.15. The lowest BCUT2D eigenvalue weighted by atomic mass is 10.1. The van der Waals surface area contributed by atoms with E-state index in [9.17, 15) is 0 Å². The van der Waals surface area contributed by atoms with Gasteiger partial charge in [0, 0.05) is 25.3 Å². The number of nitrogens with one attached hydrogen (secondary N) is 1. The van der Waals surface area contributed by atoms with Crippen LogP contribution < -0.4 is 10.2 Å². The normalized spacial score (nSPS) is 20.2. The van der Waals surface area contributed by atoms with Gasteiger partial charge in [0.2, 0.25) is 0 Å². The van der Waals surface area contributed by atoms with Crippen molar-refractivity contribution in [3.8, 4) is 0 Å². The molecule has 0 spiro atoms. The number of rotatable bonds is 4. The smallest absolute Gasteiger partial charge is 0.132 e. The van der Waals surface area contributed by atoms with Crippen LogP contribution in [0.5, 0.6) is 0 Å². The first kappa shape index (κ1) is 12.3. The van der Waals surface area contributed by atoms with Gasteiger partial charge >= 0.3 is 0 Å². The average Bonchev–Trinajstić information content (AvgIpc) is 2.37. The van der Waals surface area contributed by atoms with Gasteiger partial charge in [0.05, 0.1) is 0 Å². The molecule has 0 aliphatic carbocycles. The molecular weight excluding hydrogens is 212 g/mol. The molecule has 2 rings (SSSR count). The molecule has 94 valence electrons. The minimum absolute atomic E-state index is 0.581. The third-order valence-corrected chi connectivity index (χ3v) is 3.23. The highest BCUT2D eigenvalue weighted by Crippen LogP contribution is 2.18. The van der Waals surface area contributed by atoms with E-state index in [1.807, 2.05) is 19.2 Å². The van der Waals surface area contributed by atoms with Crippen LogP contribution >= 0.6 is 0 Å². The van der Waals surface area contributed by atoms with E-state index >= 15 is 0 Å². The van der Waals surface area contributed by atoms with Crippen LogP contribution in [0.2, 0.25) is 0 Å². The fraction of sp³-hybridized carbons (Fsp3) is 0.692. The summed E-state index contributed by atoms with van der Waals surface area (Å²) in [6.45, 7) is 7.47. The van der Waals surface area contributed by atoms with Crippen molar-refractivity contribution in [2.45, 2.75) is 39.2 Å². The van der Waals surface area contributed by atoms with Gasteiger partial charge in [-0.15, -0.1) is 0 Å². The van der Waals surface area contributed by atoms with Crippen molar-refractivity contribution in [3.05, 3.63) is 18.1 Å². The first-order valence-corrected chi connectivity index (χ1v) is 6.58. The van der Waals surface area contributed by atoms with Gasteiger partial charge in [0.1, 0.15) is 11.6 Å². The topological polar surface area (TPSA) is 41.1 Å². The maximum Gasteiger partial charge on any atom is 0.132 e. The number of aryl methyl sites for hydroxylation is 1. The van der Waals surface area contributed by atoms with Gasteiger partial charge in [0.15, 0.2) is 0 Å². The molecule has 1 aromatic heterocycles. The zero-order valence-corrected chi connectivity index (χ0v) is 10.8. The molecule has 17 heavy (non-hydrogen) atoms. The highest BCUT2D eigenvalue weighted by Gasteiger charge is 2.21. The van der Waals surface area contributed by atoms with Crippen molar-refractivity contribution in [2.75, 3.05) is 24.5 Å². The van der Waals surface area contributed by atoms with Crippen molar-refractivity contribution in [2.24, 2.45) is 0 Å². The fourth-order valence-electron chi connectivity index (χ4n) is 2.43. The molecule has 0 amide bonds. The van der Waals surface area contributed by atoms with Crippen LogP contribution in [0.3, 0.4) is 0 Å². The summed E-state index contributed by atoms with van der Waals surface area (Å²) in [5, 5.41) is 3.47. The first-order chi connectivity index (χ1) is 8.31. The Bertz CT molecular complexity index is 347. The van der Waals surface area contributed by atoms with Crippen molar-refractivity contribution >= 4 is 5.82 Å². The lowest BCUT2D eigenvalue weighted by molar-refractivity contribution is 0.428. The highest BCUT2D eigenvalue weighted by atomic mass is 15.2. The molecular formula is C13H22N4. The summed E-state index contributed by atoms with van der Waals surface area (Å²) in [5.41, 5.74) is 0. The minimum Gasteiger partial charge on any atom is -0.352 e. The Morgan fingerprint density at radius 1 is 1.53 bits per heavy atom. The van der Waals surface area contributed by atoms with Crippen LogP contribution in [0.25, 0.3) is 0 Å². The van der Waals surface area contributed by atoms with Crippen LogP contribution in [0.1, 0.15) is 32.0 Å². The summed E-state index contributed by atoms with van der Waals surface area (Å²) in [7, 11) is 0. The van der Waals surface area contributed by atoms with E-state index in [-0.39, 0.29) is 0 Å².